The predicted molar refractivity (Wildman–Crippen MR) is 60.1 cm³/mol. The van der Waals surface area contributed by atoms with Crippen molar-refractivity contribution >= 4 is 27.5 Å². The lowest BCUT2D eigenvalue weighted by molar-refractivity contribution is -0.134. The molecule has 0 saturated carbocycles. The van der Waals surface area contributed by atoms with Gasteiger partial charge < -0.3 is 5.11 Å². The van der Waals surface area contributed by atoms with Crippen LogP contribution in [0.2, 0.25) is 0 Å². The summed E-state index contributed by atoms with van der Waals surface area (Å²) < 4.78 is 14.1. The van der Waals surface area contributed by atoms with E-state index in [1.54, 1.807) is 31.2 Å². The first-order valence-corrected chi connectivity index (χ1v) is 5.23. The molecule has 1 aromatic carbocycles. The third-order valence-electron chi connectivity index (χ3n) is 2.00. The van der Waals surface area contributed by atoms with Crippen molar-refractivity contribution in [1.29, 1.82) is 0 Å². The number of carboxylic acid groups (broad SMARTS) is 1. The molecule has 0 amide bonds. The maximum Gasteiger partial charge on any atom is 0.365 e. The molecule has 4 heteroatoms. The van der Waals surface area contributed by atoms with Crippen molar-refractivity contribution in [2.24, 2.45) is 0 Å². The van der Waals surface area contributed by atoms with Crippen LogP contribution < -0.4 is 0 Å². The first kappa shape index (κ1) is 11.9. The molecular formula is C11H10BrFO2. The first-order chi connectivity index (χ1) is 7.06. The van der Waals surface area contributed by atoms with Crippen LogP contribution in [0.25, 0.3) is 5.57 Å². The number of benzene rings is 1. The molecule has 0 aliphatic heterocycles. The average Bonchev–Trinajstić information content (AvgIpc) is 2.21. The van der Waals surface area contributed by atoms with E-state index in [9.17, 15) is 9.18 Å². The van der Waals surface area contributed by atoms with Gasteiger partial charge in [0.1, 0.15) is 0 Å². The second kappa shape index (κ2) is 5.07. The topological polar surface area (TPSA) is 37.3 Å². The Labute approximate surface area is 95.6 Å². The van der Waals surface area contributed by atoms with Crippen LogP contribution in [0, 0.1) is 0 Å². The summed E-state index contributed by atoms with van der Waals surface area (Å²) >= 11 is 3.26. The summed E-state index contributed by atoms with van der Waals surface area (Å²) in [6.45, 7) is 1.72. The molecule has 15 heavy (non-hydrogen) atoms. The van der Waals surface area contributed by atoms with Gasteiger partial charge in [0.25, 0.3) is 0 Å². The zero-order chi connectivity index (χ0) is 11.4. The third-order valence-corrected chi connectivity index (χ3v) is 2.53. The molecule has 0 spiro atoms. The molecule has 1 aromatic rings. The summed E-state index contributed by atoms with van der Waals surface area (Å²) in [5.41, 5.74) is 0.815. The van der Waals surface area contributed by atoms with E-state index in [1.165, 1.54) is 0 Å². The van der Waals surface area contributed by atoms with Crippen LogP contribution in [0.3, 0.4) is 0 Å². The van der Waals surface area contributed by atoms with E-state index in [2.05, 4.69) is 15.9 Å². The van der Waals surface area contributed by atoms with E-state index in [4.69, 9.17) is 5.11 Å². The van der Waals surface area contributed by atoms with Crippen molar-refractivity contribution in [3.8, 4) is 0 Å². The summed E-state index contributed by atoms with van der Waals surface area (Å²) in [6.07, 6.45) is 0.347. The molecule has 0 bridgehead atoms. The van der Waals surface area contributed by atoms with Crippen LogP contribution in [0.15, 0.2) is 34.6 Å². The fourth-order valence-corrected chi connectivity index (χ4v) is 1.53. The van der Waals surface area contributed by atoms with Gasteiger partial charge in [0.05, 0.1) is 0 Å². The van der Waals surface area contributed by atoms with E-state index >= 15 is 0 Å². The Hall–Kier alpha value is -1.16. The Morgan fingerprint density at radius 2 is 1.93 bits per heavy atom. The average molecular weight is 273 g/mol. The summed E-state index contributed by atoms with van der Waals surface area (Å²) in [7, 11) is 0. The molecule has 0 aliphatic carbocycles. The quantitative estimate of drug-likeness (QED) is 0.854. The molecule has 1 rings (SSSR count). The fourth-order valence-electron chi connectivity index (χ4n) is 1.27. The van der Waals surface area contributed by atoms with Gasteiger partial charge in [-0.15, -0.1) is 0 Å². The Morgan fingerprint density at radius 3 is 2.33 bits per heavy atom. The van der Waals surface area contributed by atoms with Crippen LogP contribution in [0.4, 0.5) is 4.39 Å². The molecule has 0 aliphatic rings. The summed E-state index contributed by atoms with van der Waals surface area (Å²) in [5.74, 6) is -2.60. The molecule has 0 unspecified atom stereocenters. The van der Waals surface area contributed by atoms with Crippen LogP contribution in [-0.4, -0.2) is 11.1 Å². The Morgan fingerprint density at radius 1 is 1.40 bits per heavy atom. The van der Waals surface area contributed by atoms with Crippen molar-refractivity contribution in [3.05, 3.63) is 40.1 Å². The number of hydrogen-bond acceptors (Lipinski definition) is 1. The van der Waals surface area contributed by atoms with Gasteiger partial charge in [0, 0.05) is 10.0 Å². The zero-order valence-corrected chi connectivity index (χ0v) is 9.71. The number of allylic oxidation sites excluding steroid dienone is 1. The van der Waals surface area contributed by atoms with Gasteiger partial charge in [0.2, 0.25) is 5.83 Å². The number of carboxylic acids is 1. The molecule has 0 fully saturated rings. The summed E-state index contributed by atoms with van der Waals surface area (Å²) in [4.78, 5) is 10.5. The predicted octanol–water partition coefficient (Wildman–Crippen LogP) is 3.62. The Bertz CT molecular complexity index is 396. The van der Waals surface area contributed by atoms with Crippen molar-refractivity contribution in [1.82, 2.24) is 0 Å². The van der Waals surface area contributed by atoms with Gasteiger partial charge in [-0.2, -0.15) is 4.39 Å². The standard InChI is InChI=1S/C11H10BrFO2/c1-2-9(10(13)11(14)15)7-3-5-8(12)6-4-7/h3-6H,2H2,1H3,(H,14,15). The number of aliphatic carboxylic acids is 1. The highest BCUT2D eigenvalue weighted by molar-refractivity contribution is 9.10. The minimum atomic E-state index is -1.52. The number of halogens is 2. The van der Waals surface area contributed by atoms with Crippen molar-refractivity contribution in [2.45, 2.75) is 13.3 Å². The molecular weight excluding hydrogens is 263 g/mol. The van der Waals surface area contributed by atoms with E-state index in [0.717, 1.165) is 4.47 Å². The van der Waals surface area contributed by atoms with Gasteiger partial charge in [-0.05, 0) is 24.1 Å². The first-order valence-electron chi connectivity index (χ1n) is 4.44. The number of carbonyl (C=O) groups is 1. The van der Waals surface area contributed by atoms with Crippen LogP contribution >= 0.6 is 15.9 Å². The Balaban J connectivity index is 3.19. The number of hydrogen-bond donors (Lipinski definition) is 1. The summed E-state index contributed by atoms with van der Waals surface area (Å²) in [6, 6.07) is 6.87. The smallest absolute Gasteiger partial charge is 0.365 e. The van der Waals surface area contributed by atoms with Crippen LogP contribution in [-0.2, 0) is 4.79 Å². The van der Waals surface area contributed by atoms with Crippen molar-refractivity contribution in [3.63, 3.8) is 0 Å². The molecule has 2 nitrogen and oxygen atoms in total. The maximum atomic E-state index is 13.2. The summed E-state index contributed by atoms with van der Waals surface area (Å²) in [5, 5.41) is 8.56. The lowest BCUT2D eigenvalue weighted by atomic mass is 10.0. The molecule has 1 N–H and O–H groups in total. The van der Waals surface area contributed by atoms with Gasteiger partial charge in [0.15, 0.2) is 0 Å². The molecule has 0 atom stereocenters. The molecule has 0 radical (unpaired) electrons. The molecule has 0 saturated heterocycles. The minimum absolute atomic E-state index is 0.218. The van der Waals surface area contributed by atoms with Crippen molar-refractivity contribution in [2.75, 3.05) is 0 Å². The van der Waals surface area contributed by atoms with E-state index in [1.807, 2.05) is 0 Å². The van der Waals surface area contributed by atoms with Gasteiger partial charge in [-0.1, -0.05) is 35.0 Å². The van der Waals surface area contributed by atoms with Gasteiger partial charge in [-0.3, -0.25) is 0 Å². The lowest BCUT2D eigenvalue weighted by Crippen LogP contribution is -1.99. The fraction of sp³-hybridized carbons (Fsp3) is 0.182. The highest BCUT2D eigenvalue weighted by Crippen LogP contribution is 2.24. The van der Waals surface area contributed by atoms with Crippen LogP contribution in [0.1, 0.15) is 18.9 Å². The maximum absolute atomic E-state index is 13.2. The largest absolute Gasteiger partial charge is 0.476 e. The number of rotatable bonds is 3. The van der Waals surface area contributed by atoms with Gasteiger partial charge >= 0.3 is 5.97 Å². The van der Waals surface area contributed by atoms with E-state index < -0.39 is 11.8 Å². The molecule has 80 valence electrons. The SMILES string of the molecule is CCC(=C(F)C(=O)O)c1ccc(Br)cc1. The minimum Gasteiger partial charge on any atom is -0.476 e. The highest BCUT2D eigenvalue weighted by Gasteiger charge is 2.13. The second-order valence-corrected chi connectivity index (χ2v) is 3.87. The zero-order valence-electron chi connectivity index (χ0n) is 8.13. The van der Waals surface area contributed by atoms with E-state index in [-0.39, 0.29) is 5.57 Å². The second-order valence-electron chi connectivity index (χ2n) is 2.96. The van der Waals surface area contributed by atoms with Crippen molar-refractivity contribution < 1.29 is 14.3 Å². The Kier molecular flexibility index (Phi) is 4.03. The van der Waals surface area contributed by atoms with Crippen LogP contribution in [0.5, 0.6) is 0 Å². The third kappa shape index (κ3) is 2.89. The monoisotopic (exact) mass is 272 g/mol. The highest BCUT2D eigenvalue weighted by atomic mass is 79.9. The van der Waals surface area contributed by atoms with Gasteiger partial charge in [-0.25, -0.2) is 4.79 Å². The molecule has 0 heterocycles. The normalized spacial score (nSPS) is 12.2. The lowest BCUT2D eigenvalue weighted by Gasteiger charge is -2.05. The molecule has 0 aromatic heterocycles. The van der Waals surface area contributed by atoms with E-state index in [0.29, 0.717) is 12.0 Å².